The van der Waals surface area contributed by atoms with Gasteiger partial charge in [0, 0.05) is 29.3 Å². The Kier molecular flexibility index (Phi) is 4.35. The van der Waals surface area contributed by atoms with Crippen molar-refractivity contribution in [1.29, 1.82) is 0 Å². The summed E-state index contributed by atoms with van der Waals surface area (Å²) in [5, 5.41) is 36.8. The van der Waals surface area contributed by atoms with E-state index in [1.165, 1.54) is 6.07 Å². The molecule has 0 bridgehead atoms. The van der Waals surface area contributed by atoms with Crippen molar-refractivity contribution >= 4 is 10.8 Å². The summed E-state index contributed by atoms with van der Waals surface area (Å²) in [6, 6.07) is 8.90. The van der Waals surface area contributed by atoms with Gasteiger partial charge in [-0.15, -0.1) is 0 Å². The van der Waals surface area contributed by atoms with Gasteiger partial charge in [0.05, 0.1) is 12.5 Å². The normalized spacial score (nSPS) is 18.9. The maximum atomic E-state index is 10.9. The van der Waals surface area contributed by atoms with Gasteiger partial charge in [0.15, 0.2) is 0 Å². The van der Waals surface area contributed by atoms with Crippen LogP contribution in [0, 0.1) is 6.92 Å². The number of hydrogen-bond acceptors (Lipinski definition) is 5. The number of nitrogens with one attached hydrogen (secondary N) is 1. The number of phenols is 3. The van der Waals surface area contributed by atoms with Gasteiger partial charge in [0.2, 0.25) is 0 Å². The van der Waals surface area contributed by atoms with Crippen LogP contribution < -0.4 is 10.1 Å². The minimum absolute atomic E-state index is 0.0312. The van der Waals surface area contributed by atoms with Crippen LogP contribution in [0.15, 0.2) is 30.3 Å². The summed E-state index contributed by atoms with van der Waals surface area (Å²) in [5.41, 5.74) is 4.16. The lowest BCUT2D eigenvalue weighted by Crippen LogP contribution is -2.36. The lowest BCUT2D eigenvalue weighted by molar-refractivity contribution is 0.402. The third-order valence-corrected chi connectivity index (χ3v) is 5.68. The Balaban J connectivity index is 2.15. The van der Waals surface area contributed by atoms with Gasteiger partial charge in [-0.3, -0.25) is 0 Å². The van der Waals surface area contributed by atoms with Crippen molar-refractivity contribution in [3.05, 3.63) is 47.0 Å². The molecule has 2 atom stereocenters. The maximum absolute atomic E-state index is 10.9. The highest BCUT2D eigenvalue weighted by Crippen LogP contribution is 2.49. The quantitative estimate of drug-likeness (QED) is 0.526. The van der Waals surface area contributed by atoms with Crippen LogP contribution in [-0.4, -0.2) is 28.5 Å². The molecule has 28 heavy (non-hydrogen) atoms. The van der Waals surface area contributed by atoms with Gasteiger partial charge >= 0.3 is 0 Å². The molecule has 4 rings (SSSR count). The van der Waals surface area contributed by atoms with Crippen LogP contribution in [0.2, 0.25) is 0 Å². The summed E-state index contributed by atoms with van der Waals surface area (Å²) in [4.78, 5) is 0. The van der Waals surface area contributed by atoms with E-state index in [0.717, 1.165) is 27.6 Å². The third kappa shape index (κ3) is 2.66. The second-order valence-corrected chi connectivity index (χ2v) is 7.65. The van der Waals surface area contributed by atoms with Crippen molar-refractivity contribution in [2.75, 3.05) is 7.11 Å². The molecule has 1 aliphatic rings. The lowest BCUT2D eigenvalue weighted by Gasteiger charge is -2.32. The van der Waals surface area contributed by atoms with E-state index in [-0.39, 0.29) is 29.3 Å². The van der Waals surface area contributed by atoms with Crippen LogP contribution in [-0.2, 0) is 6.42 Å². The fourth-order valence-corrected chi connectivity index (χ4v) is 4.64. The number of aromatic hydroxyl groups is 3. The number of rotatable bonds is 2. The minimum atomic E-state index is -0.0312. The fourth-order valence-electron chi connectivity index (χ4n) is 4.64. The van der Waals surface area contributed by atoms with Gasteiger partial charge in [-0.25, -0.2) is 0 Å². The summed E-state index contributed by atoms with van der Waals surface area (Å²) in [6.45, 7) is 6.02. The lowest BCUT2D eigenvalue weighted by atomic mass is 9.82. The highest BCUT2D eigenvalue weighted by atomic mass is 16.5. The van der Waals surface area contributed by atoms with Crippen molar-refractivity contribution in [1.82, 2.24) is 5.32 Å². The summed E-state index contributed by atoms with van der Waals surface area (Å²) >= 11 is 0. The zero-order valence-corrected chi connectivity index (χ0v) is 16.5. The molecule has 4 N–H and O–H groups in total. The second kappa shape index (κ2) is 6.60. The van der Waals surface area contributed by atoms with Gasteiger partial charge < -0.3 is 25.4 Å². The van der Waals surface area contributed by atoms with Crippen molar-refractivity contribution in [2.45, 2.75) is 39.3 Å². The first kappa shape index (κ1) is 18.4. The molecule has 146 valence electrons. The number of fused-ring (bicyclic) bond motifs is 2. The second-order valence-electron chi connectivity index (χ2n) is 7.65. The average Bonchev–Trinajstić information content (AvgIpc) is 2.62. The van der Waals surface area contributed by atoms with E-state index < -0.39 is 0 Å². The van der Waals surface area contributed by atoms with E-state index in [0.29, 0.717) is 23.1 Å². The van der Waals surface area contributed by atoms with Crippen LogP contribution in [0.1, 0.15) is 36.6 Å². The first-order chi connectivity index (χ1) is 13.3. The molecule has 3 aromatic carbocycles. The molecule has 0 radical (unpaired) electrons. The summed E-state index contributed by atoms with van der Waals surface area (Å²) in [7, 11) is 1.57. The molecule has 0 saturated heterocycles. The number of ether oxygens (including phenoxy) is 1. The molecule has 0 spiro atoms. The molecule has 1 heterocycles. The summed E-state index contributed by atoms with van der Waals surface area (Å²) in [5.74, 6) is 0.855. The van der Waals surface area contributed by atoms with E-state index in [1.54, 1.807) is 19.2 Å². The Morgan fingerprint density at radius 1 is 1.00 bits per heavy atom. The predicted octanol–water partition coefficient (Wildman–Crippen LogP) is 4.54. The molecular weight excluding hydrogens is 354 g/mol. The number of benzene rings is 3. The SMILES string of the molecule is COc1cccc2c(-c3c(O)cc(O)c4c3C[C@@H](C)N[C@@H]4C)c(C)cc(O)c12. The molecule has 0 aliphatic carbocycles. The molecule has 0 aromatic heterocycles. The monoisotopic (exact) mass is 379 g/mol. The summed E-state index contributed by atoms with van der Waals surface area (Å²) in [6.07, 6.45) is 0.683. The first-order valence-electron chi connectivity index (χ1n) is 9.46. The van der Waals surface area contributed by atoms with E-state index in [2.05, 4.69) is 12.2 Å². The molecule has 3 aromatic rings. The largest absolute Gasteiger partial charge is 0.507 e. The molecule has 0 saturated carbocycles. The third-order valence-electron chi connectivity index (χ3n) is 5.68. The van der Waals surface area contributed by atoms with E-state index in [4.69, 9.17) is 4.74 Å². The van der Waals surface area contributed by atoms with Crippen molar-refractivity contribution in [3.8, 4) is 34.1 Å². The van der Waals surface area contributed by atoms with Crippen LogP contribution in [0.25, 0.3) is 21.9 Å². The predicted molar refractivity (Wildman–Crippen MR) is 110 cm³/mol. The number of methoxy groups -OCH3 is 1. The Morgan fingerprint density at radius 2 is 1.75 bits per heavy atom. The standard InChI is InChI=1S/C23H25NO4/c1-11-8-16(25)22-14(6-5-7-19(22)28-4)20(11)23-15-9-12(2)24-13(3)21(15)17(26)10-18(23)27/h5-8,10,12-13,24-27H,9H2,1-4H3/t12-,13-/m1/s1. The number of hydrogen-bond donors (Lipinski definition) is 4. The molecule has 0 amide bonds. The van der Waals surface area contributed by atoms with Gasteiger partial charge in [0.1, 0.15) is 23.0 Å². The molecule has 1 aliphatic heterocycles. The number of phenolic OH excluding ortho intramolecular Hbond substituents is 3. The zero-order valence-electron chi connectivity index (χ0n) is 16.5. The number of aryl methyl sites for hydroxylation is 1. The smallest absolute Gasteiger partial charge is 0.130 e. The van der Waals surface area contributed by atoms with Crippen LogP contribution in [0.4, 0.5) is 0 Å². The molecule has 5 nitrogen and oxygen atoms in total. The molecule has 5 heteroatoms. The van der Waals surface area contributed by atoms with Crippen LogP contribution in [0.5, 0.6) is 23.0 Å². The van der Waals surface area contributed by atoms with Crippen molar-refractivity contribution in [3.63, 3.8) is 0 Å². The topological polar surface area (TPSA) is 82.0 Å². The Bertz CT molecular complexity index is 1090. The Hall–Kier alpha value is -2.92. The van der Waals surface area contributed by atoms with Crippen molar-refractivity contribution in [2.24, 2.45) is 0 Å². The van der Waals surface area contributed by atoms with Gasteiger partial charge in [-0.05, 0) is 61.4 Å². The minimum Gasteiger partial charge on any atom is -0.507 e. The van der Waals surface area contributed by atoms with Crippen LogP contribution in [0.3, 0.4) is 0 Å². The zero-order chi connectivity index (χ0) is 20.2. The average molecular weight is 379 g/mol. The summed E-state index contributed by atoms with van der Waals surface area (Å²) < 4.78 is 5.46. The first-order valence-corrected chi connectivity index (χ1v) is 9.46. The van der Waals surface area contributed by atoms with Crippen LogP contribution >= 0.6 is 0 Å². The molecule has 0 fully saturated rings. The fraction of sp³-hybridized carbons (Fsp3) is 0.304. The van der Waals surface area contributed by atoms with Gasteiger partial charge in [-0.1, -0.05) is 12.1 Å². The molecular formula is C23H25NO4. The highest BCUT2D eigenvalue weighted by Gasteiger charge is 2.30. The Labute approximate surface area is 164 Å². The Morgan fingerprint density at radius 3 is 2.46 bits per heavy atom. The van der Waals surface area contributed by atoms with Gasteiger partial charge in [0.25, 0.3) is 0 Å². The van der Waals surface area contributed by atoms with E-state index in [1.807, 2.05) is 26.0 Å². The molecule has 0 unspecified atom stereocenters. The highest BCUT2D eigenvalue weighted by molar-refractivity contribution is 6.06. The maximum Gasteiger partial charge on any atom is 0.130 e. The van der Waals surface area contributed by atoms with Crippen molar-refractivity contribution < 1.29 is 20.1 Å². The van der Waals surface area contributed by atoms with E-state index >= 15 is 0 Å². The van der Waals surface area contributed by atoms with Gasteiger partial charge in [-0.2, -0.15) is 0 Å². The van der Waals surface area contributed by atoms with E-state index in [9.17, 15) is 15.3 Å².